The topological polar surface area (TPSA) is 46.6 Å². The number of rotatable bonds is 5. The van der Waals surface area contributed by atoms with Crippen LogP contribution in [0.2, 0.25) is 0 Å². The molecule has 2 saturated heterocycles. The summed E-state index contributed by atoms with van der Waals surface area (Å²) in [7, 11) is -0.841. The molecule has 0 spiro atoms. The van der Waals surface area contributed by atoms with E-state index in [1.165, 1.54) is 6.20 Å². The molecule has 2 aliphatic heterocycles. The van der Waals surface area contributed by atoms with E-state index in [1.54, 1.807) is 0 Å². The Balaban J connectivity index is 1.73. The summed E-state index contributed by atoms with van der Waals surface area (Å²) < 4.78 is 51.9. The molecule has 0 bridgehead atoms. The largest absolute Gasteiger partial charge is 0.496 e. The minimum Gasteiger partial charge on any atom is -0.402 e. The summed E-state index contributed by atoms with van der Waals surface area (Å²) in [6, 6.07) is 1.07. The van der Waals surface area contributed by atoms with Crippen molar-refractivity contribution < 1.29 is 22.5 Å². The predicted molar refractivity (Wildman–Crippen MR) is 94.5 cm³/mol. The number of alkyl halides is 3. The average Bonchev–Trinajstić information content (AvgIpc) is 3.15. The minimum atomic E-state index is -4.50. The van der Waals surface area contributed by atoms with Crippen LogP contribution in [0, 0.1) is 0 Å². The maximum atomic E-state index is 13.5. The number of pyridine rings is 1. The lowest BCUT2D eigenvalue weighted by atomic mass is 9.79. The molecule has 2 aliphatic rings. The molecule has 0 radical (unpaired) electrons. The normalized spacial score (nSPS) is 23.6. The lowest BCUT2D eigenvalue weighted by molar-refractivity contribution is -0.137. The molecule has 1 aromatic rings. The molecule has 9 heteroatoms. The van der Waals surface area contributed by atoms with Crippen molar-refractivity contribution in [3.05, 3.63) is 17.8 Å². The van der Waals surface area contributed by atoms with Gasteiger partial charge in [0.15, 0.2) is 0 Å². The summed E-state index contributed by atoms with van der Waals surface area (Å²) in [5, 5.41) is 2.84. The van der Waals surface area contributed by atoms with Gasteiger partial charge in [-0.15, -0.1) is 0 Å². The molecule has 0 amide bonds. The molecular weight excluding hydrogens is 346 g/mol. The van der Waals surface area contributed by atoms with Crippen molar-refractivity contribution in [2.45, 2.75) is 51.5 Å². The Hall–Kier alpha value is -1.32. The van der Waals surface area contributed by atoms with Gasteiger partial charge >= 0.3 is 13.3 Å². The number of hydrogen-bond donors (Lipinski definition) is 1. The van der Waals surface area contributed by atoms with Gasteiger partial charge in [-0.2, -0.15) is 13.2 Å². The molecule has 3 heterocycles. The van der Waals surface area contributed by atoms with Crippen molar-refractivity contribution in [3.63, 3.8) is 0 Å². The molecule has 1 aromatic heterocycles. The van der Waals surface area contributed by atoms with Gasteiger partial charge in [0.25, 0.3) is 0 Å². The van der Waals surface area contributed by atoms with Crippen LogP contribution < -0.4 is 10.8 Å². The Bertz CT molecular complexity index is 636. The first-order valence-electron chi connectivity index (χ1n) is 9.03. The third-order valence-corrected chi connectivity index (χ3v) is 5.12. The molecule has 3 rings (SSSR count). The lowest BCUT2D eigenvalue weighted by Crippen LogP contribution is -2.36. The lowest BCUT2D eigenvalue weighted by Gasteiger charge is -2.21. The number of hydrogen-bond acceptors (Lipinski definition) is 5. The number of aromatic nitrogens is 1. The Labute approximate surface area is 152 Å². The zero-order chi connectivity index (χ0) is 18.9. The Morgan fingerprint density at radius 2 is 2.04 bits per heavy atom. The SMILES string of the molecule is CC1OB(c2cnc(NCCN3CCCC3)c(C(F)(F)F)c2)OC1(C)C. The van der Waals surface area contributed by atoms with E-state index in [0.29, 0.717) is 13.1 Å². The van der Waals surface area contributed by atoms with Crippen LogP contribution >= 0.6 is 0 Å². The first kappa shape index (κ1) is 19.4. The molecule has 1 unspecified atom stereocenters. The van der Waals surface area contributed by atoms with Crippen LogP contribution in [0.25, 0.3) is 0 Å². The van der Waals surface area contributed by atoms with Gasteiger partial charge in [0.1, 0.15) is 5.82 Å². The maximum Gasteiger partial charge on any atom is 0.496 e. The number of nitrogens with one attached hydrogen (secondary N) is 1. The van der Waals surface area contributed by atoms with Crippen LogP contribution in [0.5, 0.6) is 0 Å². The van der Waals surface area contributed by atoms with Crippen LogP contribution in [-0.4, -0.2) is 54.9 Å². The van der Waals surface area contributed by atoms with Gasteiger partial charge in [0.2, 0.25) is 0 Å². The van der Waals surface area contributed by atoms with Crippen LogP contribution in [0.4, 0.5) is 19.0 Å². The molecule has 2 fully saturated rings. The summed E-state index contributed by atoms with van der Waals surface area (Å²) in [6.07, 6.45) is -1.03. The number of nitrogens with zero attached hydrogens (tertiary/aromatic N) is 2. The fourth-order valence-corrected chi connectivity index (χ4v) is 3.20. The molecular formula is C17H25BF3N3O2. The van der Waals surface area contributed by atoms with Crippen molar-refractivity contribution in [2.24, 2.45) is 0 Å². The first-order valence-corrected chi connectivity index (χ1v) is 9.03. The molecule has 0 aromatic carbocycles. The molecule has 144 valence electrons. The zero-order valence-corrected chi connectivity index (χ0v) is 15.4. The molecule has 1 atom stereocenters. The second-order valence-electron chi connectivity index (χ2n) is 7.47. The first-order chi connectivity index (χ1) is 12.2. The number of likely N-dealkylation sites (tertiary alicyclic amines) is 1. The summed E-state index contributed by atoms with van der Waals surface area (Å²) >= 11 is 0. The molecule has 5 nitrogen and oxygen atoms in total. The fourth-order valence-electron chi connectivity index (χ4n) is 3.20. The van der Waals surface area contributed by atoms with E-state index in [4.69, 9.17) is 9.31 Å². The maximum absolute atomic E-state index is 13.5. The van der Waals surface area contributed by atoms with E-state index in [-0.39, 0.29) is 17.4 Å². The highest BCUT2D eigenvalue weighted by Gasteiger charge is 2.45. The summed E-state index contributed by atoms with van der Waals surface area (Å²) in [4.78, 5) is 6.25. The van der Waals surface area contributed by atoms with Gasteiger partial charge < -0.3 is 19.5 Å². The Kier molecular flexibility index (Phi) is 5.51. The molecule has 26 heavy (non-hydrogen) atoms. The number of anilines is 1. The highest BCUT2D eigenvalue weighted by atomic mass is 19.4. The standard InChI is InChI=1S/C17H25BF3N3O2/c1-12-16(2,3)26-18(25-12)13-10-14(17(19,20)21)15(23-11-13)22-6-9-24-7-4-5-8-24/h10-12H,4-9H2,1-3H3,(H,22,23). The highest BCUT2D eigenvalue weighted by Crippen LogP contribution is 2.34. The van der Waals surface area contributed by atoms with E-state index in [2.05, 4.69) is 15.2 Å². The van der Waals surface area contributed by atoms with E-state index in [9.17, 15) is 13.2 Å². The van der Waals surface area contributed by atoms with Gasteiger partial charge in [-0.05, 0) is 52.8 Å². The van der Waals surface area contributed by atoms with Crippen LogP contribution in [0.15, 0.2) is 12.3 Å². The van der Waals surface area contributed by atoms with Crippen molar-refractivity contribution in [1.82, 2.24) is 9.88 Å². The van der Waals surface area contributed by atoms with Crippen molar-refractivity contribution in [1.29, 1.82) is 0 Å². The molecule has 1 N–H and O–H groups in total. The van der Waals surface area contributed by atoms with E-state index >= 15 is 0 Å². The summed E-state index contributed by atoms with van der Waals surface area (Å²) in [6.45, 7) is 8.69. The summed E-state index contributed by atoms with van der Waals surface area (Å²) in [5.74, 6) is -0.147. The quantitative estimate of drug-likeness (QED) is 0.807. The third-order valence-electron chi connectivity index (χ3n) is 5.12. The second-order valence-corrected chi connectivity index (χ2v) is 7.47. The predicted octanol–water partition coefficient (Wildman–Crippen LogP) is 2.52. The Morgan fingerprint density at radius 3 is 2.62 bits per heavy atom. The molecule has 0 saturated carbocycles. The third kappa shape index (κ3) is 4.32. The van der Waals surface area contributed by atoms with E-state index in [0.717, 1.165) is 32.0 Å². The average molecular weight is 371 g/mol. The van der Waals surface area contributed by atoms with Gasteiger partial charge in [-0.1, -0.05) is 0 Å². The van der Waals surface area contributed by atoms with Gasteiger partial charge in [0, 0.05) is 24.7 Å². The van der Waals surface area contributed by atoms with E-state index < -0.39 is 24.5 Å². The number of halogens is 3. The van der Waals surface area contributed by atoms with Crippen LogP contribution in [0.1, 0.15) is 39.2 Å². The molecule has 0 aliphatic carbocycles. The summed E-state index contributed by atoms with van der Waals surface area (Å²) in [5.41, 5.74) is -1.07. The van der Waals surface area contributed by atoms with Crippen LogP contribution in [-0.2, 0) is 15.5 Å². The smallest absolute Gasteiger partial charge is 0.402 e. The van der Waals surface area contributed by atoms with Crippen molar-refractivity contribution >= 4 is 18.4 Å². The second kappa shape index (κ2) is 7.36. The van der Waals surface area contributed by atoms with Crippen molar-refractivity contribution in [3.8, 4) is 0 Å². The van der Waals surface area contributed by atoms with Gasteiger partial charge in [0.05, 0.1) is 17.3 Å². The minimum absolute atomic E-state index is 0.147. The Morgan fingerprint density at radius 1 is 1.35 bits per heavy atom. The fraction of sp³-hybridized carbons (Fsp3) is 0.706. The zero-order valence-electron chi connectivity index (χ0n) is 15.4. The van der Waals surface area contributed by atoms with Crippen molar-refractivity contribution in [2.75, 3.05) is 31.5 Å². The monoisotopic (exact) mass is 371 g/mol. The van der Waals surface area contributed by atoms with Gasteiger partial charge in [-0.25, -0.2) is 4.98 Å². The van der Waals surface area contributed by atoms with Crippen LogP contribution in [0.3, 0.4) is 0 Å². The van der Waals surface area contributed by atoms with Gasteiger partial charge in [-0.3, -0.25) is 0 Å². The highest BCUT2D eigenvalue weighted by molar-refractivity contribution is 6.61. The van der Waals surface area contributed by atoms with E-state index in [1.807, 2.05) is 20.8 Å².